The van der Waals surface area contributed by atoms with Crippen LogP contribution in [-0.2, 0) is 5.88 Å². The van der Waals surface area contributed by atoms with Crippen molar-refractivity contribution in [1.29, 1.82) is 5.26 Å². The predicted molar refractivity (Wildman–Crippen MR) is 79.6 cm³/mol. The summed E-state index contributed by atoms with van der Waals surface area (Å²) in [5.41, 5.74) is 2.78. The van der Waals surface area contributed by atoms with Crippen LogP contribution >= 0.6 is 11.6 Å². The summed E-state index contributed by atoms with van der Waals surface area (Å²) >= 11 is 5.83. The minimum Gasteiger partial charge on any atom is -0.369 e. The molecule has 2 rings (SSSR count). The SMILES string of the molecule is CN(C)C1CCCN(c2ccc(CCl)cc2C#N)C1. The van der Waals surface area contributed by atoms with E-state index in [1.54, 1.807) is 0 Å². The average Bonchev–Trinajstić information content (AvgIpc) is 2.46. The van der Waals surface area contributed by atoms with E-state index in [0.29, 0.717) is 11.9 Å². The Bertz CT molecular complexity index is 479. The molecule has 1 heterocycles. The number of nitriles is 1. The number of hydrogen-bond donors (Lipinski definition) is 0. The second kappa shape index (κ2) is 6.27. The first-order valence-electron chi connectivity index (χ1n) is 6.66. The van der Waals surface area contributed by atoms with Gasteiger partial charge in [-0.1, -0.05) is 6.07 Å². The number of alkyl halides is 1. The van der Waals surface area contributed by atoms with Gasteiger partial charge >= 0.3 is 0 Å². The van der Waals surface area contributed by atoms with Crippen LogP contribution in [0.5, 0.6) is 0 Å². The van der Waals surface area contributed by atoms with E-state index in [2.05, 4.69) is 30.0 Å². The fourth-order valence-corrected chi connectivity index (χ4v) is 2.79. The lowest BCUT2D eigenvalue weighted by Crippen LogP contribution is -2.45. The smallest absolute Gasteiger partial charge is 0.101 e. The molecule has 0 saturated carbocycles. The molecule has 1 atom stereocenters. The van der Waals surface area contributed by atoms with Crippen molar-refractivity contribution in [2.24, 2.45) is 0 Å². The molecule has 1 aromatic carbocycles. The molecule has 0 N–H and O–H groups in total. The van der Waals surface area contributed by atoms with Crippen LogP contribution in [0.15, 0.2) is 18.2 Å². The Morgan fingerprint density at radius 1 is 1.47 bits per heavy atom. The molecule has 0 amide bonds. The zero-order valence-electron chi connectivity index (χ0n) is 11.6. The first kappa shape index (κ1) is 14.2. The summed E-state index contributed by atoms with van der Waals surface area (Å²) in [4.78, 5) is 4.59. The van der Waals surface area contributed by atoms with Crippen LogP contribution in [0.25, 0.3) is 0 Å². The van der Waals surface area contributed by atoms with E-state index in [0.717, 1.165) is 29.9 Å². The van der Waals surface area contributed by atoms with Crippen molar-refractivity contribution in [3.05, 3.63) is 29.3 Å². The predicted octanol–water partition coefficient (Wildman–Crippen LogP) is 2.83. The Labute approximate surface area is 120 Å². The van der Waals surface area contributed by atoms with Gasteiger partial charge in [-0.15, -0.1) is 11.6 Å². The number of halogens is 1. The number of hydrogen-bond acceptors (Lipinski definition) is 3. The largest absolute Gasteiger partial charge is 0.369 e. The summed E-state index contributed by atoms with van der Waals surface area (Å²) in [6.07, 6.45) is 2.40. The van der Waals surface area contributed by atoms with Crippen LogP contribution in [-0.4, -0.2) is 38.1 Å². The van der Waals surface area contributed by atoms with Gasteiger partial charge in [0, 0.05) is 25.0 Å². The van der Waals surface area contributed by atoms with Gasteiger partial charge in [0.05, 0.1) is 11.3 Å². The monoisotopic (exact) mass is 277 g/mol. The highest BCUT2D eigenvalue weighted by molar-refractivity contribution is 6.17. The van der Waals surface area contributed by atoms with Gasteiger partial charge in [0.15, 0.2) is 0 Å². The molecule has 1 saturated heterocycles. The zero-order chi connectivity index (χ0) is 13.8. The van der Waals surface area contributed by atoms with E-state index >= 15 is 0 Å². The third-order valence-corrected chi connectivity index (χ3v) is 4.11. The lowest BCUT2D eigenvalue weighted by atomic mass is 10.0. The number of likely N-dealkylation sites (N-methyl/N-ethyl adjacent to an activating group) is 1. The van der Waals surface area contributed by atoms with E-state index in [1.165, 1.54) is 12.8 Å². The van der Waals surface area contributed by atoms with Gasteiger partial charge in [-0.2, -0.15) is 5.26 Å². The van der Waals surface area contributed by atoms with Gasteiger partial charge in [0.1, 0.15) is 6.07 Å². The molecule has 1 aliphatic rings. The fraction of sp³-hybridized carbons (Fsp3) is 0.533. The lowest BCUT2D eigenvalue weighted by Gasteiger charge is -2.37. The first-order valence-corrected chi connectivity index (χ1v) is 7.19. The molecule has 1 fully saturated rings. The number of nitrogens with zero attached hydrogens (tertiary/aromatic N) is 3. The number of piperidine rings is 1. The maximum absolute atomic E-state index is 9.31. The molecule has 0 bridgehead atoms. The van der Waals surface area contributed by atoms with Crippen LogP contribution < -0.4 is 4.90 Å². The van der Waals surface area contributed by atoms with Crippen molar-refractivity contribution in [2.45, 2.75) is 24.8 Å². The van der Waals surface area contributed by atoms with E-state index in [1.807, 2.05) is 18.2 Å². The molecule has 0 aromatic heterocycles. The van der Waals surface area contributed by atoms with E-state index in [9.17, 15) is 5.26 Å². The molecule has 1 aromatic rings. The van der Waals surface area contributed by atoms with Crippen LogP contribution in [0.4, 0.5) is 5.69 Å². The van der Waals surface area contributed by atoms with Crippen LogP contribution in [0.2, 0.25) is 0 Å². The second-order valence-corrected chi connectivity index (χ2v) is 5.57. The minimum atomic E-state index is 0.454. The summed E-state index contributed by atoms with van der Waals surface area (Å²) in [6.45, 7) is 2.02. The van der Waals surface area contributed by atoms with Crippen molar-refractivity contribution in [2.75, 3.05) is 32.1 Å². The molecule has 19 heavy (non-hydrogen) atoms. The fourth-order valence-electron chi connectivity index (χ4n) is 2.63. The minimum absolute atomic E-state index is 0.454. The van der Waals surface area contributed by atoms with Gasteiger partial charge in [-0.25, -0.2) is 0 Å². The summed E-state index contributed by atoms with van der Waals surface area (Å²) in [5, 5.41) is 9.31. The third-order valence-electron chi connectivity index (χ3n) is 3.80. The Morgan fingerprint density at radius 2 is 2.26 bits per heavy atom. The average molecular weight is 278 g/mol. The van der Waals surface area contributed by atoms with Gasteiger partial charge in [-0.05, 0) is 44.6 Å². The summed E-state index contributed by atoms with van der Waals surface area (Å²) in [6, 6.07) is 8.82. The molecule has 0 radical (unpaired) electrons. The standard InChI is InChI=1S/C15H20ClN3/c1-18(2)14-4-3-7-19(11-14)15-6-5-12(9-16)8-13(15)10-17/h5-6,8,14H,3-4,7,9,11H2,1-2H3. The van der Waals surface area contributed by atoms with E-state index < -0.39 is 0 Å². The van der Waals surface area contributed by atoms with E-state index in [-0.39, 0.29) is 0 Å². The molecule has 102 valence electrons. The second-order valence-electron chi connectivity index (χ2n) is 5.30. The molecule has 1 aliphatic heterocycles. The first-order chi connectivity index (χ1) is 9.15. The quantitative estimate of drug-likeness (QED) is 0.796. The molecule has 1 unspecified atom stereocenters. The number of anilines is 1. The van der Waals surface area contributed by atoms with Crippen molar-refractivity contribution >= 4 is 17.3 Å². The van der Waals surface area contributed by atoms with Crippen LogP contribution in [0.1, 0.15) is 24.0 Å². The van der Waals surface area contributed by atoms with Crippen molar-refractivity contribution < 1.29 is 0 Å². The van der Waals surface area contributed by atoms with E-state index in [4.69, 9.17) is 11.6 Å². The number of benzene rings is 1. The Balaban J connectivity index is 2.24. The van der Waals surface area contributed by atoms with Gasteiger partial charge < -0.3 is 9.80 Å². The highest BCUT2D eigenvalue weighted by atomic mass is 35.5. The van der Waals surface area contributed by atoms with Crippen molar-refractivity contribution in [3.63, 3.8) is 0 Å². The van der Waals surface area contributed by atoms with Gasteiger partial charge in [0.25, 0.3) is 0 Å². The molecule has 3 nitrogen and oxygen atoms in total. The van der Waals surface area contributed by atoms with Gasteiger partial charge in [-0.3, -0.25) is 0 Å². The van der Waals surface area contributed by atoms with Crippen molar-refractivity contribution in [1.82, 2.24) is 4.90 Å². The molecule has 0 aliphatic carbocycles. The Morgan fingerprint density at radius 3 is 2.89 bits per heavy atom. The van der Waals surface area contributed by atoms with Crippen LogP contribution in [0.3, 0.4) is 0 Å². The number of rotatable bonds is 3. The molecular weight excluding hydrogens is 258 g/mol. The highest BCUT2D eigenvalue weighted by Gasteiger charge is 2.23. The van der Waals surface area contributed by atoms with Crippen molar-refractivity contribution in [3.8, 4) is 6.07 Å². The Kier molecular flexibility index (Phi) is 4.68. The summed E-state index contributed by atoms with van der Waals surface area (Å²) in [5.74, 6) is 0.454. The van der Waals surface area contributed by atoms with Crippen LogP contribution in [0, 0.1) is 11.3 Å². The third kappa shape index (κ3) is 3.20. The topological polar surface area (TPSA) is 30.3 Å². The van der Waals surface area contributed by atoms with Gasteiger partial charge in [0.2, 0.25) is 0 Å². The normalized spacial score (nSPS) is 19.5. The summed E-state index contributed by atoms with van der Waals surface area (Å²) in [7, 11) is 4.24. The Hall–Kier alpha value is -1.24. The lowest BCUT2D eigenvalue weighted by molar-refractivity contribution is 0.258. The molecule has 4 heteroatoms. The highest BCUT2D eigenvalue weighted by Crippen LogP contribution is 2.26. The summed E-state index contributed by atoms with van der Waals surface area (Å²) < 4.78 is 0. The maximum atomic E-state index is 9.31. The maximum Gasteiger partial charge on any atom is 0.101 e. The molecule has 0 spiro atoms. The molecular formula is C15H20ClN3. The zero-order valence-corrected chi connectivity index (χ0v) is 12.3.